The summed E-state index contributed by atoms with van der Waals surface area (Å²) >= 11 is 0. The molecule has 0 saturated heterocycles. The second-order valence-corrected chi connectivity index (χ2v) is 4.07. The van der Waals surface area contributed by atoms with Gasteiger partial charge in [-0.05, 0) is 27.2 Å². The molecule has 0 aliphatic heterocycles. The van der Waals surface area contributed by atoms with Crippen LogP contribution in [0.25, 0.3) is 0 Å². The summed E-state index contributed by atoms with van der Waals surface area (Å²) in [6.45, 7) is 5.72. The molecule has 0 aliphatic carbocycles. The van der Waals surface area contributed by atoms with E-state index < -0.39 is 17.6 Å². The minimum absolute atomic E-state index is 0.0421. The van der Waals surface area contributed by atoms with Gasteiger partial charge in [-0.3, -0.25) is 9.63 Å². The highest BCUT2D eigenvalue weighted by molar-refractivity contribution is 5.72. The Morgan fingerprint density at radius 3 is 2.40 bits per heavy atom. The first-order valence-corrected chi connectivity index (χ1v) is 4.75. The van der Waals surface area contributed by atoms with Crippen molar-refractivity contribution in [2.75, 3.05) is 6.54 Å². The summed E-state index contributed by atoms with van der Waals surface area (Å²) in [4.78, 5) is 26.2. The van der Waals surface area contributed by atoms with Crippen molar-refractivity contribution >= 4 is 12.0 Å². The van der Waals surface area contributed by atoms with Crippen molar-refractivity contribution in [3.63, 3.8) is 0 Å². The number of carbonyl (C=O) groups excluding carboxylic acids is 1. The van der Waals surface area contributed by atoms with Crippen LogP contribution in [-0.2, 0) is 9.63 Å². The van der Waals surface area contributed by atoms with E-state index in [0.29, 0.717) is 13.0 Å². The van der Waals surface area contributed by atoms with E-state index in [4.69, 9.17) is 9.94 Å². The van der Waals surface area contributed by atoms with Crippen LogP contribution in [0.2, 0.25) is 0 Å². The Hall–Kier alpha value is -1.30. The van der Waals surface area contributed by atoms with Gasteiger partial charge in [0.25, 0.3) is 0 Å². The van der Waals surface area contributed by atoms with E-state index in [9.17, 15) is 9.59 Å². The van der Waals surface area contributed by atoms with E-state index in [0.717, 1.165) is 0 Å². The Morgan fingerprint density at radius 1 is 1.33 bits per heavy atom. The number of carboxylic acids is 1. The summed E-state index contributed by atoms with van der Waals surface area (Å²) in [7, 11) is 0. The summed E-state index contributed by atoms with van der Waals surface area (Å²) in [5, 5.41) is 10.8. The molecular weight excluding hydrogens is 200 g/mol. The van der Waals surface area contributed by atoms with Crippen LogP contribution in [0, 0.1) is 0 Å². The van der Waals surface area contributed by atoms with Gasteiger partial charge in [-0.25, -0.2) is 10.3 Å². The number of amides is 2. The molecule has 0 saturated carbocycles. The molecule has 0 unspecified atom stereocenters. The van der Waals surface area contributed by atoms with Gasteiger partial charge in [-0.1, -0.05) is 0 Å². The Bertz CT molecular complexity index is 223. The first-order valence-electron chi connectivity index (χ1n) is 4.75. The molecular formula is C9H18N2O4. The molecule has 0 aromatic carbocycles. The molecule has 6 heteroatoms. The number of nitrogens with one attached hydrogen (secondary N) is 2. The van der Waals surface area contributed by atoms with Crippen molar-refractivity contribution in [3.8, 4) is 0 Å². The van der Waals surface area contributed by atoms with E-state index in [1.54, 1.807) is 20.8 Å². The number of hydrogen-bond donors (Lipinski definition) is 3. The van der Waals surface area contributed by atoms with Crippen LogP contribution in [0.5, 0.6) is 0 Å². The van der Waals surface area contributed by atoms with Gasteiger partial charge >= 0.3 is 12.0 Å². The molecule has 0 aromatic heterocycles. The fourth-order valence-corrected chi connectivity index (χ4v) is 0.677. The van der Waals surface area contributed by atoms with E-state index in [1.165, 1.54) is 0 Å². The number of hydroxylamine groups is 1. The van der Waals surface area contributed by atoms with E-state index >= 15 is 0 Å². The topological polar surface area (TPSA) is 87.7 Å². The van der Waals surface area contributed by atoms with Gasteiger partial charge in [-0.15, -0.1) is 0 Å². The minimum atomic E-state index is -0.872. The van der Waals surface area contributed by atoms with Crippen LogP contribution >= 0.6 is 0 Å². The van der Waals surface area contributed by atoms with Crippen molar-refractivity contribution in [2.45, 2.75) is 39.2 Å². The first-order chi connectivity index (χ1) is 6.81. The highest BCUT2D eigenvalue weighted by Crippen LogP contribution is 2.02. The average molecular weight is 218 g/mol. The molecule has 0 radical (unpaired) electrons. The lowest BCUT2D eigenvalue weighted by Crippen LogP contribution is -2.40. The Kier molecular flexibility index (Phi) is 5.69. The predicted molar refractivity (Wildman–Crippen MR) is 54.2 cm³/mol. The number of hydrogen-bond acceptors (Lipinski definition) is 3. The molecule has 15 heavy (non-hydrogen) atoms. The Labute approximate surface area is 88.9 Å². The van der Waals surface area contributed by atoms with Gasteiger partial charge in [0.2, 0.25) is 0 Å². The molecule has 88 valence electrons. The fourth-order valence-electron chi connectivity index (χ4n) is 0.677. The zero-order chi connectivity index (χ0) is 11.9. The van der Waals surface area contributed by atoms with Crippen LogP contribution in [0.1, 0.15) is 33.6 Å². The molecule has 0 aromatic rings. The normalized spacial score (nSPS) is 10.9. The molecule has 2 amide bonds. The maximum Gasteiger partial charge on any atom is 0.338 e. The second-order valence-electron chi connectivity index (χ2n) is 4.07. The predicted octanol–water partition coefficient (Wildman–Crippen LogP) is 0.881. The lowest BCUT2D eigenvalue weighted by Gasteiger charge is -2.19. The zero-order valence-electron chi connectivity index (χ0n) is 9.29. The van der Waals surface area contributed by atoms with Crippen molar-refractivity contribution in [1.29, 1.82) is 0 Å². The lowest BCUT2D eigenvalue weighted by molar-refractivity contribution is -0.137. The van der Waals surface area contributed by atoms with Crippen molar-refractivity contribution in [1.82, 2.24) is 10.8 Å². The first kappa shape index (κ1) is 13.7. The third kappa shape index (κ3) is 10.6. The largest absolute Gasteiger partial charge is 0.481 e. The molecule has 0 atom stereocenters. The molecule has 6 nitrogen and oxygen atoms in total. The van der Waals surface area contributed by atoms with E-state index in [-0.39, 0.29) is 6.42 Å². The summed E-state index contributed by atoms with van der Waals surface area (Å²) in [5.41, 5.74) is 1.77. The standard InChI is InChI=1S/C9H18N2O4/c1-9(2,3)15-11-8(14)10-6-4-5-7(12)13/h4-6H2,1-3H3,(H,12,13)(H2,10,11,14). The molecule has 0 spiro atoms. The minimum Gasteiger partial charge on any atom is -0.481 e. The van der Waals surface area contributed by atoms with Crippen LogP contribution in [0.3, 0.4) is 0 Å². The van der Waals surface area contributed by atoms with E-state index in [2.05, 4.69) is 10.8 Å². The van der Waals surface area contributed by atoms with E-state index in [1.807, 2.05) is 0 Å². The monoisotopic (exact) mass is 218 g/mol. The number of aliphatic carboxylic acids is 1. The smallest absolute Gasteiger partial charge is 0.338 e. The zero-order valence-corrected chi connectivity index (χ0v) is 9.29. The third-order valence-corrected chi connectivity index (χ3v) is 1.30. The van der Waals surface area contributed by atoms with Gasteiger partial charge in [0.15, 0.2) is 0 Å². The number of rotatable bonds is 5. The molecule has 0 bridgehead atoms. The summed E-state index contributed by atoms with van der Waals surface area (Å²) < 4.78 is 0. The maximum absolute atomic E-state index is 11.0. The highest BCUT2D eigenvalue weighted by atomic mass is 16.7. The Balaban J connectivity index is 3.46. The number of carboxylic acid groups (broad SMARTS) is 1. The van der Waals surface area contributed by atoms with Gasteiger partial charge in [0.05, 0.1) is 5.60 Å². The number of urea groups is 1. The quantitative estimate of drug-likeness (QED) is 0.472. The van der Waals surface area contributed by atoms with Crippen LogP contribution in [-0.4, -0.2) is 29.3 Å². The van der Waals surface area contributed by atoms with Crippen LogP contribution < -0.4 is 10.8 Å². The average Bonchev–Trinajstić information content (AvgIpc) is 2.07. The molecule has 3 N–H and O–H groups in total. The van der Waals surface area contributed by atoms with Crippen molar-refractivity contribution in [2.24, 2.45) is 0 Å². The molecule has 0 fully saturated rings. The maximum atomic E-state index is 11.0. The van der Waals surface area contributed by atoms with Crippen molar-refractivity contribution < 1.29 is 19.5 Å². The van der Waals surface area contributed by atoms with Crippen LogP contribution in [0.15, 0.2) is 0 Å². The van der Waals surface area contributed by atoms with Crippen LogP contribution in [0.4, 0.5) is 4.79 Å². The summed E-state index contributed by atoms with van der Waals surface area (Å²) in [6.07, 6.45) is 0.443. The summed E-state index contributed by atoms with van der Waals surface area (Å²) in [6, 6.07) is -0.463. The molecule has 0 aliphatic rings. The van der Waals surface area contributed by atoms with Crippen molar-refractivity contribution in [3.05, 3.63) is 0 Å². The highest BCUT2D eigenvalue weighted by Gasteiger charge is 2.12. The third-order valence-electron chi connectivity index (χ3n) is 1.30. The SMILES string of the molecule is CC(C)(C)ONC(=O)NCCCC(=O)O. The second kappa shape index (κ2) is 6.23. The Morgan fingerprint density at radius 2 is 1.93 bits per heavy atom. The van der Waals surface area contributed by atoms with Gasteiger partial charge in [0, 0.05) is 13.0 Å². The molecule has 0 heterocycles. The molecule has 0 rings (SSSR count). The fraction of sp³-hybridized carbons (Fsp3) is 0.778. The lowest BCUT2D eigenvalue weighted by atomic mass is 10.2. The van der Waals surface area contributed by atoms with Gasteiger partial charge < -0.3 is 10.4 Å². The van der Waals surface area contributed by atoms with Gasteiger partial charge in [-0.2, -0.15) is 0 Å². The number of carbonyl (C=O) groups is 2. The summed E-state index contributed by atoms with van der Waals surface area (Å²) in [5.74, 6) is -0.872. The van der Waals surface area contributed by atoms with Gasteiger partial charge in [0.1, 0.15) is 0 Å².